The number of benzene rings is 2. The number of rotatable bonds is 5. The van der Waals surface area contributed by atoms with Crippen LogP contribution in [-0.2, 0) is 0 Å². The molecule has 0 spiro atoms. The van der Waals surface area contributed by atoms with E-state index in [1.807, 2.05) is 20.9 Å². The molecule has 0 fully saturated rings. The van der Waals surface area contributed by atoms with E-state index in [1.54, 1.807) is 18.2 Å². The summed E-state index contributed by atoms with van der Waals surface area (Å²) < 4.78 is 13.7. The van der Waals surface area contributed by atoms with Crippen LogP contribution < -0.4 is 4.90 Å². The molecule has 2 rings (SSSR count). The van der Waals surface area contributed by atoms with E-state index < -0.39 is 6.10 Å². The molecule has 0 aliphatic carbocycles. The zero-order valence-electron chi connectivity index (χ0n) is 12.8. The van der Waals surface area contributed by atoms with Gasteiger partial charge in [0.2, 0.25) is 0 Å². The van der Waals surface area contributed by atoms with Gasteiger partial charge in [-0.25, -0.2) is 4.39 Å². The highest BCUT2D eigenvalue weighted by atomic mass is 19.1. The summed E-state index contributed by atoms with van der Waals surface area (Å²) >= 11 is 0. The van der Waals surface area contributed by atoms with Crippen LogP contribution >= 0.6 is 0 Å². The SMILES string of the molecule is Cc1ccc(N(C)CC(C)C(O)c2ccccc2F)cc1. The van der Waals surface area contributed by atoms with Gasteiger partial charge in [0.1, 0.15) is 5.82 Å². The van der Waals surface area contributed by atoms with Gasteiger partial charge in [0.05, 0.1) is 6.10 Å². The first-order valence-electron chi connectivity index (χ1n) is 7.19. The van der Waals surface area contributed by atoms with Crippen molar-refractivity contribution < 1.29 is 9.50 Å². The average Bonchev–Trinajstić information content (AvgIpc) is 2.47. The molecule has 21 heavy (non-hydrogen) atoms. The van der Waals surface area contributed by atoms with E-state index >= 15 is 0 Å². The normalized spacial score (nSPS) is 13.8. The fourth-order valence-electron chi connectivity index (χ4n) is 2.46. The van der Waals surface area contributed by atoms with Crippen molar-refractivity contribution in [3.05, 3.63) is 65.5 Å². The van der Waals surface area contributed by atoms with E-state index in [1.165, 1.54) is 11.6 Å². The summed E-state index contributed by atoms with van der Waals surface area (Å²) in [5, 5.41) is 10.3. The second-order valence-electron chi connectivity index (χ2n) is 5.66. The average molecular weight is 287 g/mol. The van der Waals surface area contributed by atoms with Crippen LogP contribution in [0.2, 0.25) is 0 Å². The molecule has 0 radical (unpaired) electrons. The van der Waals surface area contributed by atoms with Gasteiger partial charge in [-0.05, 0) is 25.1 Å². The predicted octanol–water partition coefficient (Wildman–Crippen LogP) is 3.94. The number of hydrogen-bond donors (Lipinski definition) is 1. The minimum atomic E-state index is -0.806. The predicted molar refractivity (Wildman–Crippen MR) is 85.0 cm³/mol. The maximum atomic E-state index is 13.7. The molecule has 112 valence electrons. The Balaban J connectivity index is 2.05. The Morgan fingerprint density at radius 1 is 1.10 bits per heavy atom. The number of hydrogen-bond acceptors (Lipinski definition) is 2. The van der Waals surface area contributed by atoms with Gasteiger partial charge in [-0.1, -0.05) is 42.8 Å². The van der Waals surface area contributed by atoms with Crippen LogP contribution in [0.5, 0.6) is 0 Å². The molecule has 2 aromatic carbocycles. The smallest absolute Gasteiger partial charge is 0.129 e. The lowest BCUT2D eigenvalue weighted by atomic mass is 9.96. The zero-order chi connectivity index (χ0) is 15.4. The fraction of sp³-hybridized carbons (Fsp3) is 0.333. The van der Waals surface area contributed by atoms with Crippen LogP contribution in [0.1, 0.15) is 24.2 Å². The quantitative estimate of drug-likeness (QED) is 0.900. The van der Waals surface area contributed by atoms with Crippen molar-refractivity contribution in [3.63, 3.8) is 0 Å². The number of aliphatic hydroxyl groups excluding tert-OH is 1. The monoisotopic (exact) mass is 287 g/mol. The Bertz CT molecular complexity index is 582. The third-order valence-electron chi connectivity index (χ3n) is 3.80. The molecule has 2 aromatic rings. The second-order valence-corrected chi connectivity index (χ2v) is 5.66. The van der Waals surface area contributed by atoms with Crippen molar-refractivity contribution in [2.24, 2.45) is 5.92 Å². The van der Waals surface area contributed by atoms with E-state index in [-0.39, 0.29) is 11.7 Å². The number of nitrogens with zero attached hydrogens (tertiary/aromatic N) is 1. The molecule has 0 amide bonds. The Morgan fingerprint density at radius 3 is 2.33 bits per heavy atom. The van der Waals surface area contributed by atoms with E-state index in [9.17, 15) is 9.50 Å². The molecular formula is C18H22FNO. The van der Waals surface area contributed by atoms with Gasteiger partial charge in [0, 0.05) is 30.8 Å². The second kappa shape index (κ2) is 6.72. The Kier molecular flexibility index (Phi) is 4.97. The maximum Gasteiger partial charge on any atom is 0.129 e. The number of aryl methyl sites for hydroxylation is 1. The van der Waals surface area contributed by atoms with Crippen LogP contribution in [0.3, 0.4) is 0 Å². The molecule has 2 nitrogen and oxygen atoms in total. The van der Waals surface area contributed by atoms with Gasteiger partial charge >= 0.3 is 0 Å². The van der Waals surface area contributed by atoms with Crippen LogP contribution in [0.15, 0.2) is 48.5 Å². The van der Waals surface area contributed by atoms with Crippen LogP contribution in [0.4, 0.5) is 10.1 Å². The van der Waals surface area contributed by atoms with Crippen molar-refractivity contribution >= 4 is 5.69 Å². The van der Waals surface area contributed by atoms with Gasteiger partial charge in [-0.15, -0.1) is 0 Å². The first kappa shape index (κ1) is 15.5. The maximum absolute atomic E-state index is 13.7. The lowest BCUT2D eigenvalue weighted by Crippen LogP contribution is -2.27. The fourth-order valence-corrected chi connectivity index (χ4v) is 2.46. The topological polar surface area (TPSA) is 23.5 Å². The molecule has 0 aromatic heterocycles. The standard InChI is InChI=1S/C18H22FNO/c1-13-8-10-15(11-9-13)20(3)12-14(2)18(21)16-6-4-5-7-17(16)19/h4-11,14,18,21H,12H2,1-3H3. The summed E-state index contributed by atoms with van der Waals surface area (Å²) in [4.78, 5) is 2.08. The van der Waals surface area contributed by atoms with Crippen molar-refractivity contribution in [2.75, 3.05) is 18.5 Å². The minimum absolute atomic E-state index is 0.0757. The molecule has 0 saturated heterocycles. The van der Waals surface area contributed by atoms with Gasteiger partial charge in [-0.3, -0.25) is 0 Å². The zero-order valence-corrected chi connectivity index (χ0v) is 12.8. The van der Waals surface area contributed by atoms with Crippen molar-refractivity contribution in [1.82, 2.24) is 0 Å². The summed E-state index contributed by atoms with van der Waals surface area (Å²) in [5.41, 5.74) is 2.67. The Labute approximate surface area is 125 Å². The number of anilines is 1. The van der Waals surface area contributed by atoms with Gasteiger partial charge in [-0.2, -0.15) is 0 Å². The largest absolute Gasteiger partial charge is 0.388 e. The van der Waals surface area contributed by atoms with Crippen molar-refractivity contribution in [1.29, 1.82) is 0 Å². The van der Waals surface area contributed by atoms with Crippen LogP contribution in [0, 0.1) is 18.7 Å². The Hall–Kier alpha value is -1.87. The van der Waals surface area contributed by atoms with E-state index in [0.29, 0.717) is 12.1 Å². The first-order chi connectivity index (χ1) is 9.99. The molecule has 0 saturated carbocycles. The van der Waals surface area contributed by atoms with Crippen LogP contribution in [-0.4, -0.2) is 18.7 Å². The lowest BCUT2D eigenvalue weighted by Gasteiger charge is -2.27. The number of aliphatic hydroxyl groups is 1. The first-order valence-corrected chi connectivity index (χ1v) is 7.19. The lowest BCUT2D eigenvalue weighted by molar-refractivity contribution is 0.117. The summed E-state index contributed by atoms with van der Waals surface area (Å²) in [6.07, 6.45) is -0.806. The van der Waals surface area contributed by atoms with Gasteiger partial charge in [0.15, 0.2) is 0 Å². The third-order valence-corrected chi connectivity index (χ3v) is 3.80. The van der Waals surface area contributed by atoms with Crippen LogP contribution in [0.25, 0.3) is 0 Å². The van der Waals surface area contributed by atoms with E-state index in [4.69, 9.17) is 0 Å². The molecule has 0 aliphatic rings. The van der Waals surface area contributed by atoms with Gasteiger partial charge in [0.25, 0.3) is 0 Å². The van der Waals surface area contributed by atoms with E-state index in [0.717, 1.165) is 5.69 Å². The van der Waals surface area contributed by atoms with E-state index in [2.05, 4.69) is 29.2 Å². The van der Waals surface area contributed by atoms with Gasteiger partial charge < -0.3 is 10.0 Å². The highest BCUT2D eigenvalue weighted by molar-refractivity contribution is 5.46. The molecule has 2 atom stereocenters. The summed E-state index contributed by atoms with van der Waals surface area (Å²) in [6.45, 7) is 4.63. The Morgan fingerprint density at radius 2 is 1.71 bits per heavy atom. The minimum Gasteiger partial charge on any atom is -0.388 e. The molecular weight excluding hydrogens is 265 g/mol. The highest BCUT2D eigenvalue weighted by Crippen LogP contribution is 2.26. The molecule has 3 heteroatoms. The molecule has 2 unspecified atom stereocenters. The summed E-state index contributed by atoms with van der Waals surface area (Å²) in [6, 6.07) is 14.6. The highest BCUT2D eigenvalue weighted by Gasteiger charge is 2.20. The summed E-state index contributed by atoms with van der Waals surface area (Å²) in [5.74, 6) is -0.428. The molecule has 0 aliphatic heterocycles. The molecule has 0 bridgehead atoms. The third kappa shape index (κ3) is 3.82. The molecule has 0 heterocycles. The van der Waals surface area contributed by atoms with Crippen molar-refractivity contribution in [2.45, 2.75) is 20.0 Å². The molecule has 1 N–H and O–H groups in total. The number of halogens is 1. The summed E-state index contributed by atoms with van der Waals surface area (Å²) in [7, 11) is 1.98. The van der Waals surface area contributed by atoms with Crippen molar-refractivity contribution in [3.8, 4) is 0 Å².